The topological polar surface area (TPSA) is 120 Å². The van der Waals surface area contributed by atoms with E-state index in [2.05, 4.69) is 29.5 Å². The molecule has 2 heterocycles. The average molecular weight is 469 g/mol. The van der Waals surface area contributed by atoms with Gasteiger partial charge in [-0.25, -0.2) is 19.1 Å². The number of benzene rings is 1. The number of amides is 3. The van der Waals surface area contributed by atoms with Crippen LogP contribution in [0.25, 0.3) is 11.2 Å². The number of hydrogen-bond donors (Lipinski definition) is 2. The standard InChI is InChI=1S/C24H32N6O4/c1-16(2)11-12-28-15-25-20-19(28)21(32)30(14-18(31)26-22(33)27-24(3,4)5)23(34)29(20)13-17-9-7-6-8-10-17/h6-10,15-16H,11-14H2,1-5H3,(H2,26,27,31,33). The van der Waals surface area contributed by atoms with E-state index in [0.717, 1.165) is 16.6 Å². The van der Waals surface area contributed by atoms with E-state index in [0.29, 0.717) is 12.5 Å². The Hall–Kier alpha value is -3.69. The smallest absolute Gasteiger partial charge is 0.333 e. The van der Waals surface area contributed by atoms with Crippen LogP contribution >= 0.6 is 0 Å². The fraction of sp³-hybridized carbons (Fsp3) is 0.458. The average Bonchev–Trinajstić information content (AvgIpc) is 3.16. The minimum Gasteiger partial charge on any atom is -0.333 e. The number of imide groups is 1. The van der Waals surface area contributed by atoms with Crippen molar-refractivity contribution in [2.75, 3.05) is 0 Å². The van der Waals surface area contributed by atoms with Crippen LogP contribution in [0.2, 0.25) is 0 Å². The summed E-state index contributed by atoms with van der Waals surface area (Å²) in [6.45, 7) is 9.62. The summed E-state index contributed by atoms with van der Waals surface area (Å²) >= 11 is 0. The second-order valence-corrected chi connectivity index (χ2v) is 9.79. The molecule has 0 fully saturated rings. The Labute approximate surface area is 197 Å². The third kappa shape index (κ3) is 6.00. The monoisotopic (exact) mass is 468 g/mol. The van der Waals surface area contributed by atoms with Crippen molar-refractivity contribution in [2.24, 2.45) is 5.92 Å². The number of carbonyl (C=O) groups is 2. The van der Waals surface area contributed by atoms with E-state index in [1.165, 1.54) is 4.57 Å². The molecule has 0 radical (unpaired) electrons. The highest BCUT2D eigenvalue weighted by Crippen LogP contribution is 2.12. The summed E-state index contributed by atoms with van der Waals surface area (Å²) in [5.74, 6) is -0.359. The highest BCUT2D eigenvalue weighted by Gasteiger charge is 2.21. The fourth-order valence-corrected chi connectivity index (χ4v) is 3.54. The predicted octanol–water partition coefficient (Wildman–Crippen LogP) is 2.08. The summed E-state index contributed by atoms with van der Waals surface area (Å²) < 4.78 is 3.97. The first-order valence-electron chi connectivity index (χ1n) is 11.3. The van der Waals surface area contributed by atoms with Crippen LogP contribution in [0.15, 0.2) is 46.2 Å². The van der Waals surface area contributed by atoms with Crippen molar-refractivity contribution in [3.8, 4) is 0 Å². The number of imidazole rings is 1. The van der Waals surface area contributed by atoms with E-state index in [9.17, 15) is 19.2 Å². The molecular formula is C24H32N6O4. The summed E-state index contributed by atoms with van der Waals surface area (Å²) in [4.78, 5) is 55.7. The Morgan fingerprint density at radius 3 is 2.35 bits per heavy atom. The highest BCUT2D eigenvalue weighted by molar-refractivity contribution is 5.94. The van der Waals surface area contributed by atoms with Crippen LogP contribution < -0.4 is 21.9 Å². The van der Waals surface area contributed by atoms with Crippen LogP contribution in [0, 0.1) is 5.92 Å². The summed E-state index contributed by atoms with van der Waals surface area (Å²) in [7, 11) is 0. The Kier molecular flexibility index (Phi) is 7.38. The minimum absolute atomic E-state index is 0.184. The SMILES string of the molecule is CC(C)CCn1cnc2c1c(=O)n(CC(=O)NC(=O)NC(C)(C)C)c(=O)n2Cc1ccccc1. The number of carbonyl (C=O) groups excluding carboxylic acids is 2. The van der Waals surface area contributed by atoms with E-state index in [4.69, 9.17) is 0 Å². The fourth-order valence-electron chi connectivity index (χ4n) is 3.54. The number of aromatic nitrogens is 4. The Balaban J connectivity index is 2.05. The molecule has 3 aromatic rings. The lowest BCUT2D eigenvalue weighted by Crippen LogP contribution is -2.50. The summed E-state index contributed by atoms with van der Waals surface area (Å²) in [6, 6.07) is 8.63. The third-order valence-electron chi connectivity index (χ3n) is 5.16. The van der Waals surface area contributed by atoms with Gasteiger partial charge in [-0.05, 0) is 38.7 Å². The lowest BCUT2D eigenvalue weighted by atomic mass is 10.1. The molecule has 2 N–H and O–H groups in total. The molecule has 3 rings (SSSR count). The van der Waals surface area contributed by atoms with Crippen LogP contribution in [0.4, 0.5) is 4.79 Å². The molecule has 0 spiro atoms. The van der Waals surface area contributed by atoms with Gasteiger partial charge in [-0.3, -0.25) is 19.5 Å². The molecule has 0 aliphatic rings. The van der Waals surface area contributed by atoms with Crippen molar-refractivity contribution in [1.29, 1.82) is 0 Å². The summed E-state index contributed by atoms with van der Waals surface area (Å²) in [5, 5.41) is 4.80. The van der Waals surface area contributed by atoms with E-state index in [1.54, 1.807) is 31.7 Å². The van der Waals surface area contributed by atoms with Crippen molar-refractivity contribution in [3.63, 3.8) is 0 Å². The Morgan fingerprint density at radius 1 is 1.06 bits per heavy atom. The van der Waals surface area contributed by atoms with Gasteiger partial charge in [0.05, 0.1) is 12.9 Å². The van der Waals surface area contributed by atoms with Gasteiger partial charge in [0.25, 0.3) is 5.56 Å². The number of nitrogens with one attached hydrogen (secondary N) is 2. The largest absolute Gasteiger partial charge is 0.333 e. The van der Waals surface area contributed by atoms with Crippen molar-refractivity contribution in [2.45, 2.75) is 66.2 Å². The second-order valence-electron chi connectivity index (χ2n) is 9.79. The molecule has 10 nitrogen and oxygen atoms in total. The maximum Gasteiger partial charge on any atom is 0.333 e. The summed E-state index contributed by atoms with van der Waals surface area (Å²) in [6.07, 6.45) is 2.37. The Bertz CT molecular complexity index is 1300. The van der Waals surface area contributed by atoms with E-state index in [1.807, 2.05) is 30.3 Å². The van der Waals surface area contributed by atoms with Crippen LogP contribution in [-0.2, 0) is 24.4 Å². The Morgan fingerprint density at radius 2 is 1.74 bits per heavy atom. The molecule has 1 aromatic carbocycles. The minimum atomic E-state index is -0.764. The van der Waals surface area contributed by atoms with Gasteiger partial charge in [-0.1, -0.05) is 44.2 Å². The van der Waals surface area contributed by atoms with Crippen LogP contribution in [0.1, 0.15) is 46.6 Å². The van der Waals surface area contributed by atoms with Gasteiger partial charge in [-0.2, -0.15) is 0 Å². The van der Waals surface area contributed by atoms with Crippen LogP contribution in [0.3, 0.4) is 0 Å². The number of aryl methyl sites for hydroxylation is 1. The molecule has 2 aromatic heterocycles. The molecule has 0 saturated carbocycles. The molecule has 0 aliphatic heterocycles. The zero-order valence-electron chi connectivity index (χ0n) is 20.3. The lowest BCUT2D eigenvalue weighted by molar-refractivity contribution is -0.120. The number of fused-ring (bicyclic) bond motifs is 1. The summed E-state index contributed by atoms with van der Waals surface area (Å²) in [5.41, 5.74) is -0.459. The first-order valence-corrected chi connectivity index (χ1v) is 11.3. The molecule has 182 valence electrons. The molecule has 0 bridgehead atoms. The lowest BCUT2D eigenvalue weighted by Gasteiger charge is -2.20. The van der Waals surface area contributed by atoms with Gasteiger partial charge in [0, 0.05) is 12.1 Å². The maximum absolute atomic E-state index is 13.3. The highest BCUT2D eigenvalue weighted by atomic mass is 16.2. The van der Waals surface area contributed by atoms with Gasteiger partial charge >= 0.3 is 11.7 Å². The second kappa shape index (κ2) is 10.1. The van der Waals surface area contributed by atoms with Crippen molar-refractivity contribution < 1.29 is 9.59 Å². The van der Waals surface area contributed by atoms with Crippen molar-refractivity contribution in [1.82, 2.24) is 29.3 Å². The number of urea groups is 1. The van der Waals surface area contributed by atoms with Crippen molar-refractivity contribution >= 4 is 23.1 Å². The van der Waals surface area contributed by atoms with Gasteiger partial charge in [0.2, 0.25) is 5.91 Å². The molecule has 34 heavy (non-hydrogen) atoms. The molecule has 3 amide bonds. The van der Waals surface area contributed by atoms with Crippen molar-refractivity contribution in [3.05, 3.63) is 63.1 Å². The van der Waals surface area contributed by atoms with Crippen LogP contribution in [-0.4, -0.2) is 36.2 Å². The van der Waals surface area contributed by atoms with E-state index >= 15 is 0 Å². The number of hydrogen-bond acceptors (Lipinski definition) is 5. The van der Waals surface area contributed by atoms with Crippen LogP contribution in [0.5, 0.6) is 0 Å². The maximum atomic E-state index is 13.3. The number of nitrogens with zero attached hydrogens (tertiary/aromatic N) is 4. The normalized spacial score (nSPS) is 11.7. The van der Waals surface area contributed by atoms with E-state index < -0.39 is 35.3 Å². The first kappa shape index (κ1) is 24.9. The van der Waals surface area contributed by atoms with E-state index in [-0.39, 0.29) is 17.7 Å². The predicted molar refractivity (Wildman–Crippen MR) is 130 cm³/mol. The molecule has 0 aliphatic carbocycles. The number of rotatable bonds is 7. The molecule has 10 heteroatoms. The van der Waals surface area contributed by atoms with Gasteiger partial charge < -0.3 is 9.88 Å². The van der Waals surface area contributed by atoms with Gasteiger partial charge in [0.1, 0.15) is 6.54 Å². The quantitative estimate of drug-likeness (QED) is 0.550. The van der Waals surface area contributed by atoms with Gasteiger partial charge in [-0.15, -0.1) is 0 Å². The molecule has 0 atom stereocenters. The molecule has 0 saturated heterocycles. The molecular weight excluding hydrogens is 436 g/mol. The zero-order chi connectivity index (χ0) is 25.0. The zero-order valence-corrected chi connectivity index (χ0v) is 20.3. The van der Waals surface area contributed by atoms with Gasteiger partial charge in [0.15, 0.2) is 11.2 Å². The first-order chi connectivity index (χ1) is 16.0. The molecule has 0 unspecified atom stereocenters. The third-order valence-corrected chi connectivity index (χ3v) is 5.16.